The van der Waals surface area contributed by atoms with Gasteiger partial charge in [-0.25, -0.2) is 0 Å². The van der Waals surface area contributed by atoms with E-state index >= 15 is 0 Å². The molecule has 0 spiro atoms. The first-order chi connectivity index (χ1) is 9.41. The number of anilines is 1. The third kappa shape index (κ3) is 2.94. The molecule has 0 aliphatic rings. The van der Waals surface area contributed by atoms with E-state index in [0.717, 1.165) is 17.7 Å². The molecule has 0 amide bonds. The molecule has 0 atom stereocenters. The SMILES string of the molecule is CN(Cc1ccoc1)c1ccc(C(F)(F)F)cc1C#N. The van der Waals surface area contributed by atoms with E-state index in [9.17, 15) is 13.2 Å². The molecule has 3 nitrogen and oxygen atoms in total. The second kappa shape index (κ2) is 5.29. The highest BCUT2D eigenvalue weighted by Gasteiger charge is 2.31. The molecule has 6 heteroatoms. The molecule has 2 rings (SSSR count). The molecular formula is C14H11F3N2O. The van der Waals surface area contributed by atoms with Crippen molar-refractivity contribution in [1.82, 2.24) is 0 Å². The third-order valence-corrected chi connectivity index (χ3v) is 2.86. The van der Waals surface area contributed by atoms with Gasteiger partial charge in [0.25, 0.3) is 0 Å². The number of alkyl halides is 3. The lowest BCUT2D eigenvalue weighted by atomic mass is 10.1. The van der Waals surface area contributed by atoms with Crippen molar-refractivity contribution in [3.05, 3.63) is 53.5 Å². The molecule has 0 saturated heterocycles. The maximum Gasteiger partial charge on any atom is 0.416 e. The Balaban J connectivity index is 2.30. The average Bonchev–Trinajstić information content (AvgIpc) is 2.89. The highest BCUT2D eigenvalue weighted by atomic mass is 19.4. The molecule has 1 heterocycles. The number of furan rings is 1. The van der Waals surface area contributed by atoms with Crippen molar-refractivity contribution in [3.63, 3.8) is 0 Å². The highest BCUT2D eigenvalue weighted by molar-refractivity contribution is 5.60. The van der Waals surface area contributed by atoms with Gasteiger partial charge >= 0.3 is 6.18 Å². The van der Waals surface area contributed by atoms with Crippen LogP contribution in [0.15, 0.2) is 41.2 Å². The molecule has 0 bridgehead atoms. The van der Waals surface area contributed by atoms with Gasteiger partial charge in [-0.3, -0.25) is 0 Å². The maximum atomic E-state index is 12.6. The van der Waals surface area contributed by atoms with Gasteiger partial charge in [-0.1, -0.05) is 0 Å². The van der Waals surface area contributed by atoms with E-state index in [4.69, 9.17) is 9.68 Å². The number of hydrogen-bond donors (Lipinski definition) is 0. The molecule has 2 aromatic rings. The van der Waals surface area contributed by atoms with Crippen LogP contribution in [0.4, 0.5) is 18.9 Å². The summed E-state index contributed by atoms with van der Waals surface area (Å²) in [6.45, 7) is 0.441. The van der Waals surface area contributed by atoms with Crippen molar-refractivity contribution >= 4 is 5.69 Å². The Morgan fingerprint density at radius 1 is 1.30 bits per heavy atom. The summed E-state index contributed by atoms with van der Waals surface area (Å²) in [5.41, 5.74) is 0.485. The van der Waals surface area contributed by atoms with Crippen molar-refractivity contribution in [1.29, 1.82) is 5.26 Å². The lowest BCUT2D eigenvalue weighted by Crippen LogP contribution is -2.18. The lowest BCUT2D eigenvalue weighted by molar-refractivity contribution is -0.137. The van der Waals surface area contributed by atoms with Crippen LogP contribution in [-0.4, -0.2) is 7.05 Å². The number of hydrogen-bond acceptors (Lipinski definition) is 3. The summed E-state index contributed by atoms with van der Waals surface area (Å²) >= 11 is 0. The van der Waals surface area contributed by atoms with Crippen molar-refractivity contribution in [2.75, 3.05) is 11.9 Å². The summed E-state index contributed by atoms with van der Waals surface area (Å²) in [4.78, 5) is 1.70. The second-order valence-electron chi connectivity index (χ2n) is 4.33. The quantitative estimate of drug-likeness (QED) is 0.858. The average molecular weight is 280 g/mol. The zero-order valence-corrected chi connectivity index (χ0v) is 10.6. The Hall–Kier alpha value is -2.42. The lowest BCUT2D eigenvalue weighted by Gasteiger charge is -2.20. The summed E-state index contributed by atoms with van der Waals surface area (Å²) in [6, 6.07) is 6.70. The summed E-state index contributed by atoms with van der Waals surface area (Å²) in [7, 11) is 1.70. The van der Waals surface area contributed by atoms with E-state index in [1.54, 1.807) is 30.3 Å². The Morgan fingerprint density at radius 3 is 2.60 bits per heavy atom. The molecule has 0 saturated carbocycles. The molecule has 0 aliphatic heterocycles. The highest BCUT2D eigenvalue weighted by Crippen LogP contribution is 2.32. The first-order valence-electron chi connectivity index (χ1n) is 5.75. The summed E-state index contributed by atoms with van der Waals surface area (Å²) in [5, 5.41) is 9.02. The van der Waals surface area contributed by atoms with Crippen LogP contribution in [0, 0.1) is 11.3 Å². The number of rotatable bonds is 3. The van der Waals surface area contributed by atoms with Gasteiger partial charge in [0.05, 0.1) is 29.3 Å². The van der Waals surface area contributed by atoms with Crippen LogP contribution >= 0.6 is 0 Å². The summed E-state index contributed by atoms with van der Waals surface area (Å²) < 4.78 is 42.8. The minimum absolute atomic E-state index is 0.00850. The summed E-state index contributed by atoms with van der Waals surface area (Å²) in [6.07, 6.45) is -1.39. The molecule has 0 radical (unpaired) electrons. The Labute approximate surface area is 113 Å². The molecular weight excluding hydrogens is 269 g/mol. The third-order valence-electron chi connectivity index (χ3n) is 2.86. The van der Waals surface area contributed by atoms with Crippen molar-refractivity contribution < 1.29 is 17.6 Å². The first kappa shape index (κ1) is 14.0. The Bertz CT molecular complexity index is 627. The Kier molecular flexibility index (Phi) is 3.70. The van der Waals surface area contributed by atoms with Crippen LogP contribution in [-0.2, 0) is 12.7 Å². The number of halogens is 3. The fourth-order valence-electron chi connectivity index (χ4n) is 1.88. The van der Waals surface area contributed by atoms with E-state index in [1.165, 1.54) is 12.3 Å². The van der Waals surface area contributed by atoms with Gasteiger partial charge in [-0.2, -0.15) is 18.4 Å². The van der Waals surface area contributed by atoms with Crippen LogP contribution in [0.25, 0.3) is 0 Å². The molecule has 0 aliphatic carbocycles. The van der Waals surface area contributed by atoms with E-state index in [0.29, 0.717) is 12.2 Å². The predicted molar refractivity (Wildman–Crippen MR) is 67.0 cm³/mol. The van der Waals surface area contributed by atoms with Crippen molar-refractivity contribution in [2.45, 2.75) is 12.7 Å². The fraction of sp³-hybridized carbons (Fsp3) is 0.214. The van der Waals surface area contributed by atoms with Crippen LogP contribution in [0.5, 0.6) is 0 Å². The smallest absolute Gasteiger partial charge is 0.416 e. The molecule has 1 aromatic carbocycles. The van der Waals surface area contributed by atoms with E-state index in [2.05, 4.69) is 0 Å². The van der Waals surface area contributed by atoms with Crippen LogP contribution < -0.4 is 4.90 Å². The fourth-order valence-corrected chi connectivity index (χ4v) is 1.88. The van der Waals surface area contributed by atoms with Crippen molar-refractivity contribution in [3.8, 4) is 6.07 Å². The topological polar surface area (TPSA) is 40.2 Å². The van der Waals surface area contributed by atoms with Gasteiger partial charge in [0.1, 0.15) is 6.07 Å². The molecule has 1 aromatic heterocycles. The molecule has 20 heavy (non-hydrogen) atoms. The number of benzene rings is 1. The van der Waals surface area contributed by atoms with Crippen LogP contribution in [0.2, 0.25) is 0 Å². The van der Waals surface area contributed by atoms with E-state index < -0.39 is 11.7 Å². The van der Waals surface area contributed by atoms with Gasteiger partial charge in [0.2, 0.25) is 0 Å². The zero-order valence-electron chi connectivity index (χ0n) is 10.6. The first-order valence-corrected chi connectivity index (χ1v) is 5.75. The molecule has 0 unspecified atom stereocenters. The monoisotopic (exact) mass is 280 g/mol. The molecule has 0 fully saturated rings. The second-order valence-corrected chi connectivity index (χ2v) is 4.33. The van der Waals surface area contributed by atoms with Crippen molar-refractivity contribution in [2.24, 2.45) is 0 Å². The zero-order chi connectivity index (χ0) is 14.8. The maximum absolute atomic E-state index is 12.6. The van der Waals surface area contributed by atoms with Crippen LogP contribution in [0.3, 0.4) is 0 Å². The van der Waals surface area contributed by atoms with Gasteiger partial charge in [0.15, 0.2) is 0 Å². The van der Waals surface area contributed by atoms with Gasteiger partial charge in [-0.15, -0.1) is 0 Å². The Morgan fingerprint density at radius 2 is 2.05 bits per heavy atom. The predicted octanol–water partition coefficient (Wildman–Crippen LogP) is 3.81. The van der Waals surface area contributed by atoms with Gasteiger partial charge < -0.3 is 9.32 Å². The summed E-state index contributed by atoms with van der Waals surface area (Å²) in [5.74, 6) is 0. The minimum atomic E-state index is -4.45. The van der Waals surface area contributed by atoms with Gasteiger partial charge in [-0.05, 0) is 24.3 Å². The molecule has 0 N–H and O–H groups in total. The van der Waals surface area contributed by atoms with E-state index in [1.807, 2.05) is 0 Å². The standard InChI is InChI=1S/C14H11F3N2O/c1-19(8-10-4-5-20-9-10)13-3-2-12(14(15,16)17)6-11(13)7-18/h2-6,9H,8H2,1H3. The molecule has 104 valence electrons. The normalized spacial score (nSPS) is 11.2. The van der Waals surface area contributed by atoms with Gasteiger partial charge in [0, 0.05) is 19.2 Å². The minimum Gasteiger partial charge on any atom is -0.472 e. The number of nitrogens with zero attached hydrogens (tertiary/aromatic N) is 2. The van der Waals surface area contributed by atoms with E-state index in [-0.39, 0.29) is 5.56 Å². The van der Waals surface area contributed by atoms with Crippen LogP contribution in [0.1, 0.15) is 16.7 Å². The number of nitriles is 1. The largest absolute Gasteiger partial charge is 0.472 e.